The molecule has 0 saturated carbocycles. The van der Waals surface area contributed by atoms with Crippen molar-refractivity contribution >= 4 is 33.4 Å². The predicted octanol–water partition coefficient (Wildman–Crippen LogP) is 3.10. The van der Waals surface area contributed by atoms with Gasteiger partial charge < -0.3 is 10.0 Å². The summed E-state index contributed by atoms with van der Waals surface area (Å²) in [5.74, 6) is -0.833. The van der Waals surface area contributed by atoms with Gasteiger partial charge in [-0.3, -0.25) is 4.79 Å². The van der Waals surface area contributed by atoms with Crippen LogP contribution < -0.4 is 0 Å². The molecule has 0 heterocycles. The zero-order valence-corrected chi connectivity index (χ0v) is 11.9. The van der Waals surface area contributed by atoms with E-state index in [1.807, 2.05) is 0 Å². The zero-order valence-electron chi connectivity index (χ0n) is 9.55. The van der Waals surface area contributed by atoms with E-state index in [9.17, 15) is 18.0 Å². The highest BCUT2D eigenvalue weighted by Gasteiger charge is 2.33. The fourth-order valence-electron chi connectivity index (χ4n) is 1.40. The van der Waals surface area contributed by atoms with Crippen LogP contribution in [0.15, 0.2) is 22.7 Å². The van der Waals surface area contributed by atoms with Crippen LogP contribution in [0.5, 0.6) is 0 Å². The summed E-state index contributed by atoms with van der Waals surface area (Å²) < 4.78 is 37.6. The normalized spacial score (nSPS) is 11.5. The first-order chi connectivity index (χ1) is 8.74. The van der Waals surface area contributed by atoms with Crippen LogP contribution >= 0.6 is 27.5 Å². The number of carbonyl (C=O) groups is 1. The van der Waals surface area contributed by atoms with E-state index < -0.39 is 31.8 Å². The Morgan fingerprint density at radius 3 is 2.53 bits per heavy atom. The second-order valence-electron chi connectivity index (χ2n) is 3.69. The minimum absolute atomic E-state index is 0.0332. The Morgan fingerprint density at radius 1 is 1.42 bits per heavy atom. The Morgan fingerprint density at radius 2 is 2.05 bits per heavy atom. The molecule has 0 bridgehead atoms. The summed E-state index contributed by atoms with van der Waals surface area (Å²) in [7, 11) is 0. The molecule has 106 valence electrons. The number of hydrogen-bond acceptors (Lipinski definition) is 2. The van der Waals surface area contributed by atoms with Crippen molar-refractivity contribution in [3.63, 3.8) is 0 Å². The van der Waals surface area contributed by atoms with E-state index in [4.69, 9.17) is 16.7 Å². The topological polar surface area (TPSA) is 40.5 Å². The number of alkyl halides is 3. The van der Waals surface area contributed by atoms with E-state index in [-0.39, 0.29) is 10.6 Å². The van der Waals surface area contributed by atoms with Crippen LogP contribution in [-0.4, -0.2) is 41.8 Å². The number of aliphatic hydroxyl groups is 1. The molecular formula is C11H10BrClF3NO2. The van der Waals surface area contributed by atoms with Crippen LogP contribution in [0.1, 0.15) is 10.4 Å². The van der Waals surface area contributed by atoms with E-state index in [1.54, 1.807) is 0 Å². The van der Waals surface area contributed by atoms with E-state index in [0.29, 0.717) is 9.37 Å². The molecule has 0 saturated heterocycles. The van der Waals surface area contributed by atoms with E-state index >= 15 is 0 Å². The van der Waals surface area contributed by atoms with Crippen LogP contribution in [0.2, 0.25) is 5.02 Å². The van der Waals surface area contributed by atoms with Crippen molar-refractivity contribution < 1.29 is 23.1 Å². The summed E-state index contributed by atoms with van der Waals surface area (Å²) in [6.07, 6.45) is -4.52. The maximum Gasteiger partial charge on any atom is 0.406 e. The first-order valence-electron chi connectivity index (χ1n) is 5.16. The van der Waals surface area contributed by atoms with Gasteiger partial charge in [-0.05, 0) is 34.1 Å². The fraction of sp³-hybridized carbons (Fsp3) is 0.364. The van der Waals surface area contributed by atoms with Crippen LogP contribution in [0, 0.1) is 0 Å². The Hall–Kier alpha value is -0.790. The fourth-order valence-corrected chi connectivity index (χ4v) is 1.83. The SMILES string of the molecule is O=C(c1ccc(Br)c(Cl)c1)N(CCO)CC(F)(F)F. The summed E-state index contributed by atoms with van der Waals surface area (Å²) in [6.45, 7) is -2.36. The highest BCUT2D eigenvalue weighted by molar-refractivity contribution is 9.10. The third-order valence-corrected chi connectivity index (χ3v) is 3.43. The average molecular weight is 361 g/mol. The lowest BCUT2D eigenvalue weighted by Gasteiger charge is -2.23. The quantitative estimate of drug-likeness (QED) is 0.896. The zero-order chi connectivity index (χ0) is 14.6. The Bertz CT molecular complexity index is 468. The molecule has 1 N–H and O–H groups in total. The molecule has 0 radical (unpaired) electrons. The molecule has 0 fully saturated rings. The third-order valence-electron chi connectivity index (χ3n) is 2.19. The van der Waals surface area contributed by atoms with E-state index in [2.05, 4.69) is 15.9 Å². The number of rotatable bonds is 4. The molecule has 0 atom stereocenters. The molecule has 0 aliphatic rings. The van der Waals surface area contributed by atoms with Gasteiger partial charge in [0.2, 0.25) is 0 Å². The van der Waals surface area contributed by atoms with Gasteiger partial charge in [-0.25, -0.2) is 0 Å². The van der Waals surface area contributed by atoms with Gasteiger partial charge in [0.1, 0.15) is 6.54 Å². The molecule has 0 unspecified atom stereocenters. The summed E-state index contributed by atoms with van der Waals surface area (Å²) >= 11 is 8.90. The third kappa shape index (κ3) is 5.00. The summed E-state index contributed by atoms with van der Waals surface area (Å²) in [5, 5.41) is 8.96. The van der Waals surface area contributed by atoms with Crippen molar-refractivity contribution in [1.29, 1.82) is 0 Å². The van der Waals surface area contributed by atoms with Gasteiger partial charge in [0.05, 0.1) is 11.6 Å². The van der Waals surface area contributed by atoms with Gasteiger partial charge >= 0.3 is 6.18 Å². The Balaban J connectivity index is 2.95. The molecule has 1 amide bonds. The van der Waals surface area contributed by atoms with Crippen molar-refractivity contribution in [2.45, 2.75) is 6.18 Å². The van der Waals surface area contributed by atoms with Crippen LogP contribution in [0.3, 0.4) is 0 Å². The molecule has 19 heavy (non-hydrogen) atoms. The molecule has 0 spiro atoms. The molecule has 0 aromatic heterocycles. The maximum absolute atomic E-state index is 12.3. The van der Waals surface area contributed by atoms with Gasteiger partial charge in [0, 0.05) is 16.6 Å². The lowest BCUT2D eigenvalue weighted by atomic mass is 10.2. The number of aliphatic hydroxyl groups excluding tert-OH is 1. The number of carbonyl (C=O) groups excluding carboxylic acids is 1. The average Bonchev–Trinajstić information content (AvgIpc) is 2.29. The summed E-state index contributed by atoms with van der Waals surface area (Å²) in [6, 6.07) is 4.11. The number of hydrogen-bond donors (Lipinski definition) is 1. The van der Waals surface area contributed by atoms with Gasteiger partial charge in [-0.15, -0.1) is 0 Å². The highest BCUT2D eigenvalue weighted by Crippen LogP contribution is 2.24. The summed E-state index contributed by atoms with van der Waals surface area (Å²) in [5.41, 5.74) is 0.0332. The minimum atomic E-state index is -4.52. The van der Waals surface area contributed by atoms with Crippen LogP contribution in [0.4, 0.5) is 13.2 Å². The molecule has 1 rings (SSSR count). The Kier molecular flexibility index (Phi) is 5.64. The molecule has 1 aromatic carbocycles. The number of halogens is 5. The maximum atomic E-state index is 12.3. The predicted molar refractivity (Wildman–Crippen MR) is 68.2 cm³/mol. The number of nitrogens with zero attached hydrogens (tertiary/aromatic N) is 1. The van der Waals surface area contributed by atoms with Crippen molar-refractivity contribution in [1.82, 2.24) is 4.90 Å². The lowest BCUT2D eigenvalue weighted by Crippen LogP contribution is -2.40. The van der Waals surface area contributed by atoms with E-state index in [1.165, 1.54) is 18.2 Å². The minimum Gasteiger partial charge on any atom is -0.395 e. The summed E-state index contributed by atoms with van der Waals surface area (Å²) in [4.78, 5) is 12.4. The standard InChI is InChI=1S/C11H10BrClF3NO2/c12-8-2-1-7(5-9(8)13)10(19)17(3-4-18)6-11(14,15)16/h1-2,5,18H,3-4,6H2. The van der Waals surface area contributed by atoms with Crippen molar-refractivity contribution in [3.8, 4) is 0 Å². The molecule has 0 aliphatic heterocycles. The van der Waals surface area contributed by atoms with Crippen LogP contribution in [-0.2, 0) is 0 Å². The first-order valence-corrected chi connectivity index (χ1v) is 6.33. The molecule has 3 nitrogen and oxygen atoms in total. The highest BCUT2D eigenvalue weighted by atomic mass is 79.9. The molecular weight excluding hydrogens is 350 g/mol. The van der Waals surface area contributed by atoms with Crippen molar-refractivity contribution in [3.05, 3.63) is 33.3 Å². The van der Waals surface area contributed by atoms with Gasteiger partial charge in [-0.2, -0.15) is 13.2 Å². The van der Waals surface area contributed by atoms with Crippen molar-refractivity contribution in [2.24, 2.45) is 0 Å². The molecule has 1 aromatic rings. The second-order valence-corrected chi connectivity index (χ2v) is 4.96. The van der Waals surface area contributed by atoms with E-state index in [0.717, 1.165) is 0 Å². The van der Waals surface area contributed by atoms with Gasteiger partial charge in [0.15, 0.2) is 0 Å². The smallest absolute Gasteiger partial charge is 0.395 e. The van der Waals surface area contributed by atoms with Crippen molar-refractivity contribution in [2.75, 3.05) is 19.7 Å². The monoisotopic (exact) mass is 359 g/mol. The van der Waals surface area contributed by atoms with Crippen LogP contribution in [0.25, 0.3) is 0 Å². The molecule has 8 heteroatoms. The van der Waals surface area contributed by atoms with Gasteiger partial charge in [-0.1, -0.05) is 11.6 Å². The lowest BCUT2D eigenvalue weighted by molar-refractivity contribution is -0.141. The largest absolute Gasteiger partial charge is 0.406 e. The molecule has 0 aliphatic carbocycles. The second kappa shape index (κ2) is 6.58. The Labute approximate surface area is 121 Å². The number of benzene rings is 1. The first kappa shape index (κ1) is 16.3. The number of amides is 1. The van der Waals surface area contributed by atoms with Gasteiger partial charge in [0.25, 0.3) is 5.91 Å².